The summed E-state index contributed by atoms with van der Waals surface area (Å²) in [6.45, 7) is 2.65. The summed E-state index contributed by atoms with van der Waals surface area (Å²) in [4.78, 5) is 0. The van der Waals surface area contributed by atoms with Crippen LogP contribution in [0.3, 0.4) is 0 Å². The van der Waals surface area contributed by atoms with Gasteiger partial charge in [-0.25, -0.2) is 0 Å². The number of rotatable bonds is 2. The molecule has 3 aromatic carbocycles. The smallest absolute Gasteiger partial charge is 0.0864 e. The van der Waals surface area contributed by atoms with E-state index in [9.17, 15) is 0 Å². The van der Waals surface area contributed by atoms with E-state index in [4.69, 9.17) is 0 Å². The van der Waals surface area contributed by atoms with Crippen molar-refractivity contribution in [3.8, 4) is 0 Å². The standard InChI is InChI=1S/C25H21B/c1-18-12-14-24-22(16-18)23-17-20(19-8-4-2-5-9-19)13-15-25(23)26(24)21-10-6-3-7-11-21/h2-17,23,25H,1H3. The van der Waals surface area contributed by atoms with Crippen LogP contribution in [0.1, 0.15) is 22.6 Å². The predicted molar refractivity (Wildman–Crippen MR) is 113 cm³/mol. The van der Waals surface area contributed by atoms with Gasteiger partial charge in [0.05, 0.1) is 0 Å². The van der Waals surface area contributed by atoms with Gasteiger partial charge in [0, 0.05) is 5.92 Å². The minimum absolute atomic E-state index is 0.446. The Morgan fingerprint density at radius 1 is 0.808 bits per heavy atom. The average Bonchev–Trinajstić information content (AvgIpc) is 3.02. The van der Waals surface area contributed by atoms with Crippen LogP contribution >= 0.6 is 0 Å². The highest BCUT2D eigenvalue weighted by Gasteiger charge is 2.42. The van der Waals surface area contributed by atoms with Gasteiger partial charge in [-0.3, -0.25) is 0 Å². The molecule has 1 heteroatoms. The van der Waals surface area contributed by atoms with Crippen molar-refractivity contribution in [2.45, 2.75) is 18.7 Å². The fourth-order valence-corrected chi connectivity index (χ4v) is 4.67. The van der Waals surface area contributed by atoms with Crippen LogP contribution in [-0.4, -0.2) is 6.71 Å². The number of allylic oxidation sites excluding steroid dienone is 4. The Kier molecular flexibility index (Phi) is 3.67. The highest BCUT2D eigenvalue weighted by atomic mass is 14.3. The summed E-state index contributed by atoms with van der Waals surface area (Å²) in [5, 5.41) is 0. The Labute approximate surface area is 156 Å². The maximum atomic E-state index is 2.49. The summed E-state index contributed by atoms with van der Waals surface area (Å²) >= 11 is 0. The fraction of sp³-hybridized carbons (Fsp3) is 0.120. The largest absolute Gasteiger partial charge is 0.217 e. The van der Waals surface area contributed by atoms with E-state index in [1.807, 2.05) is 0 Å². The third-order valence-electron chi connectivity index (χ3n) is 5.86. The highest BCUT2D eigenvalue weighted by Crippen LogP contribution is 2.44. The van der Waals surface area contributed by atoms with E-state index in [2.05, 4.69) is 104 Å². The zero-order chi connectivity index (χ0) is 17.5. The molecule has 0 nitrogen and oxygen atoms in total. The number of hydrogen-bond acceptors (Lipinski definition) is 0. The summed E-state index contributed by atoms with van der Waals surface area (Å²) in [5.41, 5.74) is 8.41. The Bertz CT molecular complexity index is 999. The molecule has 1 aliphatic heterocycles. The highest BCUT2D eigenvalue weighted by molar-refractivity contribution is 6.88. The molecule has 0 amide bonds. The first-order valence-electron chi connectivity index (χ1n) is 9.42. The van der Waals surface area contributed by atoms with Crippen LogP contribution < -0.4 is 10.9 Å². The molecule has 2 atom stereocenters. The summed E-state index contributed by atoms with van der Waals surface area (Å²) in [7, 11) is 0. The van der Waals surface area contributed by atoms with Crippen molar-refractivity contribution in [1.82, 2.24) is 0 Å². The molecule has 1 heterocycles. The first kappa shape index (κ1) is 15.5. The van der Waals surface area contributed by atoms with Crippen LogP contribution in [0.25, 0.3) is 5.57 Å². The second-order valence-electron chi connectivity index (χ2n) is 7.47. The predicted octanol–water partition coefficient (Wildman–Crippen LogP) is 4.72. The third kappa shape index (κ3) is 2.47. The Morgan fingerprint density at radius 3 is 2.31 bits per heavy atom. The molecule has 0 aromatic heterocycles. The normalized spacial score (nSPS) is 20.5. The number of fused-ring (bicyclic) bond motifs is 3. The van der Waals surface area contributed by atoms with Gasteiger partial charge in [0.15, 0.2) is 0 Å². The van der Waals surface area contributed by atoms with Crippen molar-refractivity contribution >= 4 is 23.2 Å². The molecule has 0 bridgehead atoms. The van der Waals surface area contributed by atoms with Crippen molar-refractivity contribution in [3.63, 3.8) is 0 Å². The third-order valence-corrected chi connectivity index (χ3v) is 5.86. The van der Waals surface area contributed by atoms with E-state index < -0.39 is 0 Å². The second kappa shape index (κ2) is 6.18. The van der Waals surface area contributed by atoms with Crippen LogP contribution in [-0.2, 0) is 0 Å². The fourth-order valence-electron chi connectivity index (χ4n) is 4.67. The van der Waals surface area contributed by atoms with Crippen molar-refractivity contribution in [3.05, 3.63) is 114 Å². The van der Waals surface area contributed by atoms with Gasteiger partial charge in [-0.1, -0.05) is 114 Å². The molecule has 0 spiro atoms. The minimum Gasteiger partial charge on any atom is -0.0864 e. The van der Waals surface area contributed by atoms with E-state index in [1.165, 1.54) is 33.2 Å². The van der Waals surface area contributed by atoms with Crippen LogP contribution in [0.5, 0.6) is 0 Å². The summed E-state index contributed by atoms with van der Waals surface area (Å²) in [5.74, 6) is 0.956. The summed E-state index contributed by atoms with van der Waals surface area (Å²) in [6.07, 6.45) is 7.26. The van der Waals surface area contributed by atoms with Crippen LogP contribution in [0.4, 0.5) is 0 Å². The Hall–Kier alpha value is -2.80. The van der Waals surface area contributed by atoms with Gasteiger partial charge >= 0.3 is 0 Å². The quantitative estimate of drug-likeness (QED) is 0.596. The maximum absolute atomic E-state index is 2.49. The van der Waals surface area contributed by atoms with Gasteiger partial charge in [-0.15, -0.1) is 0 Å². The monoisotopic (exact) mass is 332 g/mol. The molecule has 2 unspecified atom stereocenters. The molecule has 0 saturated carbocycles. The van der Waals surface area contributed by atoms with Crippen molar-refractivity contribution in [1.29, 1.82) is 0 Å². The second-order valence-corrected chi connectivity index (χ2v) is 7.47. The van der Waals surface area contributed by atoms with Crippen LogP contribution in [0.15, 0.2) is 97.1 Å². The van der Waals surface area contributed by atoms with Crippen LogP contribution in [0.2, 0.25) is 5.82 Å². The van der Waals surface area contributed by atoms with Crippen LogP contribution in [0, 0.1) is 6.92 Å². The molecule has 3 aromatic rings. The first-order valence-corrected chi connectivity index (χ1v) is 9.42. The molecular formula is C25H21B. The van der Waals surface area contributed by atoms with Crippen molar-refractivity contribution in [2.75, 3.05) is 0 Å². The van der Waals surface area contributed by atoms with Crippen molar-refractivity contribution < 1.29 is 0 Å². The molecule has 0 fully saturated rings. The van der Waals surface area contributed by atoms with Crippen molar-refractivity contribution in [2.24, 2.45) is 0 Å². The molecule has 0 radical (unpaired) electrons. The van der Waals surface area contributed by atoms with E-state index in [1.54, 1.807) is 0 Å². The molecule has 5 rings (SSSR count). The number of aryl methyl sites for hydroxylation is 1. The lowest BCUT2D eigenvalue weighted by molar-refractivity contribution is 0.870. The molecule has 26 heavy (non-hydrogen) atoms. The molecule has 0 saturated heterocycles. The van der Waals surface area contributed by atoms with Gasteiger partial charge in [0.25, 0.3) is 0 Å². The van der Waals surface area contributed by atoms with E-state index in [0.717, 1.165) is 0 Å². The van der Waals surface area contributed by atoms with E-state index in [-0.39, 0.29) is 0 Å². The maximum Gasteiger partial charge on any atom is 0.217 e. The Balaban J connectivity index is 1.65. The van der Waals surface area contributed by atoms with E-state index >= 15 is 0 Å². The van der Waals surface area contributed by atoms with Gasteiger partial charge in [0.2, 0.25) is 6.71 Å². The van der Waals surface area contributed by atoms with Gasteiger partial charge in [0.1, 0.15) is 0 Å². The minimum atomic E-state index is 0.446. The average molecular weight is 332 g/mol. The lowest BCUT2D eigenvalue weighted by atomic mass is 9.35. The SMILES string of the molecule is Cc1ccc2c(c1)C1C=C(c3ccccc3)C=CC1B2c1ccccc1. The summed E-state index contributed by atoms with van der Waals surface area (Å²) < 4.78 is 0. The zero-order valence-corrected chi connectivity index (χ0v) is 15.0. The lowest BCUT2D eigenvalue weighted by Gasteiger charge is -2.23. The van der Waals surface area contributed by atoms with Gasteiger partial charge < -0.3 is 0 Å². The molecule has 1 aliphatic carbocycles. The van der Waals surface area contributed by atoms with Gasteiger partial charge in [-0.05, 0) is 29.4 Å². The van der Waals surface area contributed by atoms with Gasteiger partial charge in [-0.2, -0.15) is 0 Å². The number of hydrogen-bond donors (Lipinski definition) is 0. The lowest BCUT2D eigenvalue weighted by Crippen LogP contribution is -2.42. The number of benzene rings is 3. The molecule has 2 aliphatic rings. The van der Waals surface area contributed by atoms with E-state index in [0.29, 0.717) is 18.4 Å². The first-order chi connectivity index (χ1) is 12.8. The topological polar surface area (TPSA) is 0 Å². The molecular weight excluding hydrogens is 311 g/mol. The zero-order valence-electron chi connectivity index (χ0n) is 15.0. The molecule has 0 N–H and O–H groups in total. The Morgan fingerprint density at radius 2 is 1.54 bits per heavy atom. The molecule has 124 valence electrons. The summed E-state index contributed by atoms with van der Waals surface area (Å²) in [6, 6.07) is 28.7.